The molecule has 0 radical (unpaired) electrons. The number of aliphatic hydroxyl groups excluding tert-OH is 1. The minimum atomic E-state index is 0.0595. The number of hydrogen-bond acceptors (Lipinski definition) is 3. The Balaban J connectivity index is 2.08. The number of rotatable bonds is 2. The number of ether oxygens (including phenoxy) is 1. The molecule has 1 saturated heterocycles. The fraction of sp³-hybridized carbons (Fsp3) is 0.600. The molecule has 13 heavy (non-hydrogen) atoms. The summed E-state index contributed by atoms with van der Waals surface area (Å²) < 4.78 is 5.69. The van der Waals surface area contributed by atoms with E-state index in [1.807, 2.05) is 0 Å². The minimum absolute atomic E-state index is 0.0595. The van der Waals surface area contributed by atoms with Gasteiger partial charge in [-0.3, -0.25) is 0 Å². The zero-order valence-electron chi connectivity index (χ0n) is 7.69. The molecule has 1 aliphatic heterocycles. The van der Waals surface area contributed by atoms with Crippen LogP contribution in [0.5, 0.6) is 0 Å². The fourth-order valence-electron chi connectivity index (χ4n) is 1.80. The summed E-state index contributed by atoms with van der Waals surface area (Å²) in [5.41, 5.74) is 1.31. The predicted octanol–water partition coefficient (Wildman–Crippen LogP) is 2.27. The molecular formula is C10H14O2S. The lowest BCUT2D eigenvalue weighted by Crippen LogP contribution is -2.10. The Kier molecular flexibility index (Phi) is 2.67. The Labute approximate surface area is 82.2 Å². The van der Waals surface area contributed by atoms with E-state index in [1.165, 1.54) is 10.4 Å². The Morgan fingerprint density at radius 3 is 3.00 bits per heavy atom. The molecule has 2 nitrogen and oxygen atoms in total. The molecule has 1 aromatic heterocycles. The van der Waals surface area contributed by atoms with Crippen LogP contribution in [0.4, 0.5) is 0 Å². The van der Waals surface area contributed by atoms with Crippen LogP contribution in [-0.4, -0.2) is 17.8 Å². The molecule has 0 aromatic carbocycles. The van der Waals surface area contributed by atoms with Gasteiger partial charge in [0.05, 0.1) is 18.8 Å². The summed E-state index contributed by atoms with van der Waals surface area (Å²) in [6.45, 7) is 2.27. The smallest absolute Gasteiger partial charge is 0.0841 e. The Morgan fingerprint density at radius 1 is 1.62 bits per heavy atom. The van der Waals surface area contributed by atoms with E-state index in [2.05, 4.69) is 18.4 Å². The summed E-state index contributed by atoms with van der Waals surface area (Å²) in [7, 11) is 0. The lowest BCUT2D eigenvalue weighted by Gasteiger charge is -2.11. The maximum Gasteiger partial charge on any atom is 0.0841 e. The molecule has 1 aromatic rings. The molecule has 2 rings (SSSR count). The van der Waals surface area contributed by atoms with Gasteiger partial charge in [0, 0.05) is 4.88 Å². The molecule has 3 heteroatoms. The van der Waals surface area contributed by atoms with Crippen LogP contribution in [0.25, 0.3) is 0 Å². The largest absolute Gasteiger partial charge is 0.394 e. The minimum Gasteiger partial charge on any atom is -0.394 e. The van der Waals surface area contributed by atoms with Crippen molar-refractivity contribution >= 4 is 11.3 Å². The SMILES string of the molecule is Cc1sccc1C1CCC(CO)O1. The van der Waals surface area contributed by atoms with E-state index in [1.54, 1.807) is 11.3 Å². The molecule has 1 N–H and O–H groups in total. The van der Waals surface area contributed by atoms with E-state index >= 15 is 0 Å². The quantitative estimate of drug-likeness (QED) is 0.790. The zero-order valence-corrected chi connectivity index (χ0v) is 8.51. The normalized spacial score (nSPS) is 28.2. The van der Waals surface area contributed by atoms with Gasteiger partial charge in [0.1, 0.15) is 0 Å². The Bertz CT molecular complexity index is 282. The van der Waals surface area contributed by atoms with Gasteiger partial charge in [-0.1, -0.05) is 0 Å². The van der Waals surface area contributed by atoms with Crippen LogP contribution in [0.3, 0.4) is 0 Å². The highest BCUT2D eigenvalue weighted by atomic mass is 32.1. The summed E-state index contributed by atoms with van der Waals surface area (Å²) in [6.07, 6.45) is 2.31. The monoisotopic (exact) mass is 198 g/mol. The maximum absolute atomic E-state index is 8.93. The van der Waals surface area contributed by atoms with Crippen LogP contribution in [0.2, 0.25) is 0 Å². The molecular weight excluding hydrogens is 184 g/mol. The number of hydrogen-bond donors (Lipinski definition) is 1. The molecule has 1 fully saturated rings. The second-order valence-electron chi connectivity index (χ2n) is 3.44. The van der Waals surface area contributed by atoms with Crippen molar-refractivity contribution in [3.05, 3.63) is 21.9 Å². The van der Waals surface area contributed by atoms with Crippen molar-refractivity contribution in [2.45, 2.75) is 32.0 Å². The topological polar surface area (TPSA) is 29.5 Å². The van der Waals surface area contributed by atoms with Gasteiger partial charge in [-0.05, 0) is 36.8 Å². The number of aliphatic hydroxyl groups is 1. The standard InChI is InChI=1S/C10H14O2S/c1-7-9(4-5-13-7)10-3-2-8(6-11)12-10/h4-5,8,10-11H,2-3,6H2,1H3. The highest BCUT2D eigenvalue weighted by Gasteiger charge is 2.26. The fourth-order valence-corrected chi connectivity index (χ4v) is 2.55. The summed E-state index contributed by atoms with van der Waals surface area (Å²) in [6, 6.07) is 2.13. The highest BCUT2D eigenvalue weighted by molar-refractivity contribution is 7.10. The van der Waals surface area contributed by atoms with Gasteiger partial charge in [-0.2, -0.15) is 0 Å². The third-order valence-electron chi connectivity index (χ3n) is 2.56. The van der Waals surface area contributed by atoms with Gasteiger partial charge in [-0.15, -0.1) is 11.3 Å². The Morgan fingerprint density at radius 2 is 2.46 bits per heavy atom. The average molecular weight is 198 g/mol. The van der Waals surface area contributed by atoms with Crippen molar-refractivity contribution in [1.29, 1.82) is 0 Å². The highest BCUT2D eigenvalue weighted by Crippen LogP contribution is 2.35. The molecule has 0 saturated carbocycles. The molecule has 0 aliphatic carbocycles. The van der Waals surface area contributed by atoms with Crippen LogP contribution >= 0.6 is 11.3 Å². The van der Waals surface area contributed by atoms with Crippen molar-refractivity contribution in [2.24, 2.45) is 0 Å². The first-order valence-electron chi connectivity index (χ1n) is 4.61. The predicted molar refractivity (Wildman–Crippen MR) is 53.0 cm³/mol. The van der Waals surface area contributed by atoms with Crippen LogP contribution < -0.4 is 0 Å². The van der Waals surface area contributed by atoms with Gasteiger partial charge >= 0.3 is 0 Å². The average Bonchev–Trinajstić information content (AvgIpc) is 2.71. The molecule has 0 amide bonds. The lowest BCUT2D eigenvalue weighted by atomic mass is 10.1. The van der Waals surface area contributed by atoms with Crippen LogP contribution in [0, 0.1) is 6.92 Å². The summed E-state index contributed by atoms with van der Waals surface area (Å²) >= 11 is 1.76. The van der Waals surface area contributed by atoms with E-state index in [9.17, 15) is 0 Å². The molecule has 2 atom stereocenters. The van der Waals surface area contributed by atoms with Crippen LogP contribution in [0.15, 0.2) is 11.4 Å². The van der Waals surface area contributed by atoms with Gasteiger partial charge in [0.25, 0.3) is 0 Å². The van der Waals surface area contributed by atoms with E-state index in [0.29, 0.717) is 0 Å². The van der Waals surface area contributed by atoms with Crippen molar-refractivity contribution in [2.75, 3.05) is 6.61 Å². The van der Waals surface area contributed by atoms with Gasteiger partial charge in [0.15, 0.2) is 0 Å². The van der Waals surface area contributed by atoms with Gasteiger partial charge in [-0.25, -0.2) is 0 Å². The maximum atomic E-state index is 8.93. The summed E-state index contributed by atoms with van der Waals surface area (Å²) in [4.78, 5) is 1.34. The first-order chi connectivity index (χ1) is 6.31. The lowest BCUT2D eigenvalue weighted by molar-refractivity contribution is 0.0109. The molecule has 0 bridgehead atoms. The second-order valence-corrected chi connectivity index (χ2v) is 4.56. The third kappa shape index (κ3) is 1.77. The van der Waals surface area contributed by atoms with Crippen LogP contribution in [-0.2, 0) is 4.74 Å². The first kappa shape index (κ1) is 9.19. The second kappa shape index (κ2) is 3.78. The molecule has 1 aliphatic rings. The number of aryl methyl sites for hydroxylation is 1. The Hall–Kier alpha value is -0.380. The molecule has 0 spiro atoms. The van der Waals surface area contributed by atoms with Crippen molar-refractivity contribution < 1.29 is 9.84 Å². The molecule has 72 valence electrons. The van der Waals surface area contributed by atoms with E-state index in [4.69, 9.17) is 9.84 Å². The van der Waals surface area contributed by atoms with E-state index in [0.717, 1.165) is 12.8 Å². The van der Waals surface area contributed by atoms with Gasteiger partial charge < -0.3 is 9.84 Å². The van der Waals surface area contributed by atoms with Crippen molar-refractivity contribution in [1.82, 2.24) is 0 Å². The van der Waals surface area contributed by atoms with Gasteiger partial charge in [0.2, 0.25) is 0 Å². The van der Waals surface area contributed by atoms with Crippen LogP contribution in [0.1, 0.15) is 29.4 Å². The van der Waals surface area contributed by atoms with Crippen molar-refractivity contribution in [3.8, 4) is 0 Å². The summed E-state index contributed by atoms with van der Waals surface area (Å²) in [5, 5.41) is 11.0. The molecule has 2 heterocycles. The van der Waals surface area contributed by atoms with E-state index < -0.39 is 0 Å². The zero-order chi connectivity index (χ0) is 9.26. The summed E-state index contributed by atoms with van der Waals surface area (Å²) in [5.74, 6) is 0. The third-order valence-corrected chi connectivity index (χ3v) is 3.42. The molecule has 2 unspecified atom stereocenters. The first-order valence-corrected chi connectivity index (χ1v) is 5.49. The van der Waals surface area contributed by atoms with E-state index in [-0.39, 0.29) is 18.8 Å². The van der Waals surface area contributed by atoms with Crippen molar-refractivity contribution in [3.63, 3.8) is 0 Å². The number of thiophene rings is 1.